The number of amides is 1. The van der Waals surface area contributed by atoms with Crippen LogP contribution in [0.2, 0.25) is 0 Å². The molecular formula is C21H27N3OS. The molecule has 1 aromatic heterocycles. The van der Waals surface area contributed by atoms with Crippen LogP contribution >= 0.6 is 11.3 Å². The third-order valence-electron chi connectivity index (χ3n) is 5.65. The van der Waals surface area contributed by atoms with Crippen molar-refractivity contribution in [3.8, 4) is 0 Å². The summed E-state index contributed by atoms with van der Waals surface area (Å²) in [5, 5.41) is 6.93. The Labute approximate surface area is 159 Å². The summed E-state index contributed by atoms with van der Waals surface area (Å²) >= 11 is 1.81. The molecule has 2 saturated heterocycles. The molecule has 1 aromatic carbocycles. The lowest BCUT2D eigenvalue weighted by molar-refractivity contribution is 0.0553. The summed E-state index contributed by atoms with van der Waals surface area (Å²) < 4.78 is 0. The van der Waals surface area contributed by atoms with E-state index in [9.17, 15) is 4.79 Å². The summed E-state index contributed by atoms with van der Waals surface area (Å²) in [6.45, 7) is 6.84. The van der Waals surface area contributed by atoms with Gasteiger partial charge in [-0.3, -0.25) is 4.79 Å². The van der Waals surface area contributed by atoms with E-state index < -0.39 is 0 Å². The molecule has 4 nitrogen and oxygen atoms in total. The Morgan fingerprint density at radius 2 is 2.23 bits per heavy atom. The van der Waals surface area contributed by atoms with E-state index in [0.29, 0.717) is 5.41 Å². The summed E-state index contributed by atoms with van der Waals surface area (Å²) in [7, 11) is 0. The van der Waals surface area contributed by atoms with Crippen molar-refractivity contribution in [3.63, 3.8) is 0 Å². The third kappa shape index (κ3) is 3.79. The number of rotatable bonds is 4. The minimum atomic E-state index is 0.173. The third-order valence-corrected chi connectivity index (χ3v) is 6.65. The number of carbonyl (C=O) groups is 1. The Morgan fingerprint density at radius 3 is 3.00 bits per heavy atom. The van der Waals surface area contributed by atoms with Gasteiger partial charge in [-0.05, 0) is 63.1 Å². The zero-order chi connectivity index (χ0) is 18.0. The Balaban J connectivity index is 1.42. The Bertz CT molecular complexity index is 779. The maximum absolute atomic E-state index is 13.0. The van der Waals surface area contributed by atoms with E-state index in [1.807, 2.05) is 35.6 Å². The van der Waals surface area contributed by atoms with Gasteiger partial charge in [0.05, 0.1) is 0 Å². The van der Waals surface area contributed by atoms with Crippen molar-refractivity contribution in [2.24, 2.45) is 5.41 Å². The average molecular weight is 370 g/mol. The zero-order valence-corrected chi connectivity index (χ0v) is 16.2. The van der Waals surface area contributed by atoms with Crippen LogP contribution < -0.4 is 10.6 Å². The van der Waals surface area contributed by atoms with Crippen molar-refractivity contribution in [2.45, 2.75) is 32.7 Å². The standard InChI is InChI=1S/C21H27N3OS/c1-16-6-7-19(26-16)13-23-18-5-2-4-17(12-18)20(25)24-11-3-8-21(15-24)9-10-22-14-21/h2,4-7,12,22-23H,3,8-11,13-15H2,1H3/t21-/m1/s1. The minimum absolute atomic E-state index is 0.173. The number of aryl methyl sites for hydroxylation is 1. The first-order valence-corrected chi connectivity index (χ1v) is 10.3. The molecule has 2 aliphatic heterocycles. The highest BCUT2D eigenvalue weighted by atomic mass is 32.1. The number of anilines is 1. The van der Waals surface area contributed by atoms with E-state index in [1.54, 1.807) is 0 Å². The molecule has 0 aliphatic carbocycles. The normalized spacial score (nSPS) is 22.7. The van der Waals surface area contributed by atoms with Crippen LogP contribution in [0.25, 0.3) is 0 Å². The number of nitrogens with one attached hydrogen (secondary N) is 2. The molecular weight excluding hydrogens is 342 g/mol. The first-order chi connectivity index (χ1) is 12.6. The summed E-state index contributed by atoms with van der Waals surface area (Å²) in [5.74, 6) is 0.173. The van der Waals surface area contributed by atoms with Crippen molar-refractivity contribution in [3.05, 3.63) is 51.7 Å². The molecule has 2 aromatic rings. The highest BCUT2D eigenvalue weighted by Gasteiger charge is 2.39. The van der Waals surface area contributed by atoms with Crippen molar-refractivity contribution < 1.29 is 4.79 Å². The van der Waals surface area contributed by atoms with Crippen LogP contribution in [-0.2, 0) is 6.54 Å². The minimum Gasteiger partial charge on any atom is -0.380 e. The SMILES string of the molecule is Cc1ccc(CNc2cccc(C(=O)N3CCC[C@]4(CCNC4)C3)c2)s1. The van der Waals surface area contributed by atoms with Crippen LogP contribution in [0.4, 0.5) is 5.69 Å². The fraction of sp³-hybridized carbons (Fsp3) is 0.476. The molecule has 0 saturated carbocycles. The lowest BCUT2D eigenvalue weighted by atomic mass is 9.79. The van der Waals surface area contributed by atoms with Crippen molar-refractivity contribution in [1.29, 1.82) is 0 Å². The molecule has 2 aliphatic rings. The van der Waals surface area contributed by atoms with Crippen LogP contribution in [0.15, 0.2) is 36.4 Å². The number of benzene rings is 1. The zero-order valence-electron chi connectivity index (χ0n) is 15.4. The summed E-state index contributed by atoms with van der Waals surface area (Å²) in [6, 6.07) is 12.3. The number of hydrogen-bond acceptors (Lipinski definition) is 4. The molecule has 5 heteroatoms. The van der Waals surface area contributed by atoms with Crippen molar-refractivity contribution in [1.82, 2.24) is 10.2 Å². The second kappa shape index (κ2) is 7.41. The van der Waals surface area contributed by atoms with Gasteiger partial charge in [0.2, 0.25) is 0 Å². The maximum atomic E-state index is 13.0. The van der Waals surface area contributed by atoms with E-state index in [-0.39, 0.29) is 5.91 Å². The monoisotopic (exact) mass is 369 g/mol. The van der Waals surface area contributed by atoms with Gasteiger partial charge in [0.15, 0.2) is 0 Å². The van der Waals surface area contributed by atoms with Crippen molar-refractivity contribution in [2.75, 3.05) is 31.5 Å². The van der Waals surface area contributed by atoms with E-state index >= 15 is 0 Å². The van der Waals surface area contributed by atoms with Gasteiger partial charge in [-0.1, -0.05) is 6.07 Å². The molecule has 2 fully saturated rings. The fourth-order valence-electron chi connectivity index (χ4n) is 4.24. The molecule has 0 unspecified atom stereocenters. The Kier molecular flexibility index (Phi) is 5.00. The Morgan fingerprint density at radius 1 is 1.31 bits per heavy atom. The maximum Gasteiger partial charge on any atom is 0.253 e. The van der Waals surface area contributed by atoms with E-state index in [4.69, 9.17) is 0 Å². The number of piperidine rings is 1. The van der Waals surface area contributed by atoms with Gasteiger partial charge in [0.1, 0.15) is 0 Å². The molecule has 0 bridgehead atoms. The topological polar surface area (TPSA) is 44.4 Å². The fourth-order valence-corrected chi connectivity index (χ4v) is 5.07. The molecule has 3 heterocycles. The first-order valence-electron chi connectivity index (χ1n) is 9.53. The van der Waals surface area contributed by atoms with E-state index in [2.05, 4.69) is 34.6 Å². The van der Waals surface area contributed by atoms with E-state index in [0.717, 1.165) is 50.4 Å². The number of carbonyl (C=O) groups excluding carboxylic acids is 1. The lowest BCUT2D eigenvalue weighted by Gasteiger charge is -2.40. The van der Waals surface area contributed by atoms with Crippen LogP contribution in [0.1, 0.15) is 39.4 Å². The van der Waals surface area contributed by atoms with Crippen LogP contribution in [0, 0.1) is 12.3 Å². The number of nitrogens with zero attached hydrogens (tertiary/aromatic N) is 1. The van der Waals surface area contributed by atoms with Gasteiger partial charge < -0.3 is 15.5 Å². The van der Waals surface area contributed by atoms with E-state index in [1.165, 1.54) is 22.6 Å². The molecule has 4 rings (SSSR count). The van der Waals surface area contributed by atoms with Gasteiger partial charge in [0.25, 0.3) is 5.91 Å². The molecule has 1 atom stereocenters. The van der Waals surface area contributed by atoms with Gasteiger partial charge in [-0.2, -0.15) is 0 Å². The first kappa shape index (κ1) is 17.6. The van der Waals surface area contributed by atoms with Crippen LogP contribution in [0.5, 0.6) is 0 Å². The van der Waals surface area contributed by atoms with Gasteiger partial charge >= 0.3 is 0 Å². The van der Waals surface area contributed by atoms with Crippen LogP contribution in [0.3, 0.4) is 0 Å². The highest BCUT2D eigenvalue weighted by Crippen LogP contribution is 2.36. The highest BCUT2D eigenvalue weighted by molar-refractivity contribution is 7.11. The number of hydrogen-bond donors (Lipinski definition) is 2. The second-order valence-corrected chi connectivity index (χ2v) is 9.08. The summed E-state index contributed by atoms with van der Waals surface area (Å²) in [4.78, 5) is 17.8. The van der Waals surface area contributed by atoms with Gasteiger partial charge in [-0.15, -0.1) is 11.3 Å². The molecule has 26 heavy (non-hydrogen) atoms. The molecule has 138 valence electrons. The quantitative estimate of drug-likeness (QED) is 0.859. The molecule has 0 radical (unpaired) electrons. The summed E-state index contributed by atoms with van der Waals surface area (Å²) in [6.07, 6.45) is 3.55. The number of likely N-dealkylation sites (tertiary alicyclic amines) is 1. The molecule has 1 amide bonds. The van der Waals surface area contributed by atoms with Crippen molar-refractivity contribution >= 4 is 22.9 Å². The predicted octanol–water partition coefficient (Wildman–Crippen LogP) is 3.88. The smallest absolute Gasteiger partial charge is 0.253 e. The van der Waals surface area contributed by atoms with Crippen LogP contribution in [-0.4, -0.2) is 37.0 Å². The second-order valence-electron chi connectivity index (χ2n) is 7.70. The average Bonchev–Trinajstić information content (AvgIpc) is 3.29. The Hall–Kier alpha value is -1.85. The lowest BCUT2D eigenvalue weighted by Crippen LogP contribution is -2.47. The van der Waals surface area contributed by atoms with Gasteiger partial charge in [0, 0.05) is 52.6 Å². The molecule has 2 N–H and O–H groups in total. The predicted molar refractivity (Wildman–Crippen MR) is 108 cm³/mol. The largest absolute Gasteiger partial charge is 0.380 e. The summed E-state index contributed by atoms with van der Waals surface area (Å²) in [5.41, 5.74) is 2.11. The number of thiophene rings is 1. The van der Waals surface area contributed by atoms with Gasteiger partial charge in [-0.25, -0.2) is 0 Å². The molecule has 1 spiro atoms.